The first-order valence-corrected chi connectivity index (χ1v) is 12.6. The standard InChI is InChI=1S/C25H33N3O4S/c1-31-22-15-20(21(16-23(22)32-2)26-24(29)18-7-4-3-5-8-18)25(30)28-12-10-27(11-13-28)17-19-9-6-14-33-19/h6,9,14-16,18H,3-5,7-8,10-13,17H2,1-2H3,(H,26,29). The number of nitrogens with one attached hydrogen (secondary N) is 1. The van der Waals surface area contributed by atoms with Gasteiger partial charge in [-0.3, -0.25) is 14.5 Å². The molecule has 8 heteroatoms. The van der Waals surface area contributed by atoms with E-state index in [1.165, 1.54) is 11.3 Å². The molecule has 33 heavy (non-hydrogen) atoms. The summed E-state index contributed by atoms with van der Waals surface area (Å²) in [6, 6.07) is 7.61. The summed E-state index contributed by atoms with van der Waals surface area (Å²) in [4.78, 5) is 32.1. The topological polar surface area (TPSA) is 71.1 Å². The molecule has 2 fully saturated rings. The molecule has 0 bridgehead atoms. The number of benzene rings is 1. The van der Waals surface area contributed by atoms with Crippen molar-refractivity contribution in [3.8, 4) is 11.5 Å². The second-order valence-electron chi connectivity index (χ2n) is 8.72. The number of amides is 2. The number of methoxy groups -OCH3 is 2. The van der Waals surface area contributed by atoms with Crippen LogP contribution in [0.25, 0.3) is 0 Å². The summed E-state index contributed by atoms with van der Waals surface area (Å²) >= 11 is 1.76. The van der Waals surface area contributed by atoms with E-state index in [0.717, 1.165) is 45.3 Å². The summed E-state index contributed by atoms with van der Waals surface area (Å²) < 4.78 is 10.9. The maximum absolute atomic E-state index is 13.5. The minimum atomic E-state index is -0.0920. The van der Waals surface area contributed by atoms with Crippen molar-refractivity contribution in [3.05, 3.63) is 40.1 Å². The molecule has 0 atom stereocenters. The van der Waals surface area contributed by atoms with Crippen molar-refractivity contribution >= 4 is 28.8 Å². The van der Waals surface area contributed by atoms with Gasteiger partial charge in [0, 0.05) is 49.6 Å². The first-order valence-electron chi connectivity index (χ1n) is 11.7. The fourth-order valence-corrected chi connectivity index (χ4v) is 5.41. The van der Waals surface area contributed by atoms with Crippen LogP contribution in [0.15, 0.2) is 29.6 Å². The molecule has 178 valence electrons. The summed E-state index contributed by atoms with van der Waals surface area (Å²) in [7, 11) is 3.11. The van der Waals surface area contributed by atoms with Crippen LogP contribution in [0.1, 0.15) is 47.3 Å². The second kappa shape index (κ2) is 11.0. The molecule has 2 amide bonds. The van der Waals surface area contributed by atoms with Crippen LogP contribution < -0.4 is 14.8 Å². The fourth-order valence-electron chi connectivity index (χ4n) is 4.66. The molecule has 1 aromatic heterocycles. The molecule has 1 N–H and O–H groups in total. The van der Waals surface area contributed by atoms with Gasteiger partial charge in [-0.05, 0) is 30.4 Å². The zero-order valence-corrected chi connectivity index (χ0v) is 20.3. The van der Waals surface area contributed by atoms with Crippen molar-refractivity contribution in [1.82, 2.24) is 9.80 Å². The number of carbonyl (C=O) groups excluding carboxylic acids is 2. The van der Waals surface area contributed by atoms with Crippen LogP contribution in [-0.4, -0.2) is 62.0 Å². The summed E-state index contributed by atoms with van der Waals surface area (Å²) in [5.74, 6) is 0.861. The average Bonchev–Trinajstić information content (AvgIpc) is 3.37. The van der Waals surface area contributed by atoms with Crippen LogP contribution in [0.4, 0.5) is 5.69 Å². The Morgan fingerprint density at radius 3 is 2.36 bits per heavy atom. The van der Waals surface area contributed by atoms with Gasteiger partial charge in [-0.15, -0.1) is 11.3 Å². The lowest BCUT2D eigenvalue weighted by Crippen LogP contribution is -2.48. The monoisotopic (exact) mass is 471 g/mol. The van der Waals surface area contributed by atoms with E-state index in [-0.39, 0.29) is 17.7 Å². The highest BCUT2D eigenvalue weighted by Crippen LogP contribution is 2.35. The number of piperazine rings is 1. The average molecular weight is 472 g/mol. The Hall–Kier alpha value is -2.58. The third kappa shape index (κ3) is 5.68. The van der Waals surface area contributed by atoms with E-state index >= 15 is 0 Å². The molecule has 2 heterocycles. The van der Waals surface area contributed by atoms with Crippen molar-refractivity contribution in [2.45, 2.75) is 38.6 Å². The van der Waals surface area contributed by atoms with Gasteiger partial charge >= 0.3 is 0 Å². The maximum Gasteiger partial charge on any atom is 0.256 e. The molecule has 2 aromatic rings. The Labute approximate surface area is 199 Å². The number of hydrogen-bond donors (Lipinski definition) is 1. The molecule has 7 nitrogen and oxygen atoms in total. The second-order valence-corrected chi connectivity index (χ2v) is 9.76. The molecular weight excluding hydrogens is 438 g/mol. The van der Waals surface area contributed by atoms with Crippen molar-refractivity contribution in [2.75, 3.05) is 45.7 Å². The van der Waals surface area contributed by atoms with Crippen LogP contribution in [0.2, 0.25) is 0 Å². The van der Waals surface area contributed by atoms with Gasteiger partial charge < -0.3 is 19.7 Å². The minimum absolute atomic E-state index is 0.00408. The Bertz CT molecular complexity index is 949. The van der Waals surface area contributed by atoms with Crippen LogP contribution in [0, 0.1) is 5.92 Å². The van der Waals surface area contributed by atoms with Crippen molar-refractivity contribution in [3.63, 3.8) is 0 Å². The van der Waals surface area contributed by atoms with E-state index < -0.39 is 0 Å². The molecule has 0 unspecified atom stereocenters. The summed E-state index contributed by atoms with van der Waals surface area (Å²) in [5, 5.41) is 5.13. The zero-order valence-electron chi connectivity index (χ0n) is 19.5. The predicted octanol–water partition coefficient (Wildman–Crippen LogP) is 4.24. The van der Waals surface area contributed by atoms with Gasteiger partial charge in [-0.25, -0.2) is 0 Å². The SMILES string of the molecule is COc1cc(NC(=O)C2CCCCC2)c(C(=O)N2CCN(Cc3cccs3)CC2)cc1OC. The smallest absolute Gasteiger partial charge is 0.256 e. The molecule has 1 aromatic carbocycles. The van der Waals surface area contributed by atoms with Crippen molar-refractivity contribution in [1.29, 1.82) is 0 Å². The van der Waals surface area contributed by atoms with Crippen LogP contribution >= 0.6 is 11.3 Å². The Morgan fingerprint density at radius 2 is 1.73 bits per heavy atom. The first kappa shape index (κ1) is 23.6. The summed E-state index contributed by atoms with van der Waals surface area (Å²) in [6.07, 6.45) is 5.13. The number of rotatable bonds is 7. The Morgan fingerprint density at radius 1 is 1.03 bits per heavy atom. The molecule has 1 aliphatic heterocycles. The van der Waals surface area contributed by atoms with E-state index in [1.54, 1.807) is 37.7 Å². The highest BCUT2D eigenvalue weighted by molar-refractivity contribution is 7.09. The lowest BCUT2D eigenvalue weighted by Gasteiger charge is -2.35. The quantitative estimate of drug-likeness (QED) is 0.654. The van der Waals surface area contributed by atoms with Gasteiger partial charge in [0.1, 0.15) is 0 Å². The first-order chi connectivity index (χ1) is 16.1. The molecular formula is C25H33N3O4S. The third-order valence-corrected chi connectivity index (χ3v) is 7.47. The van der Waals surface area contributed by atoms with Gasteiger partial charge in [-0.2, -0.15) is 0 Å². The molecule has 1 aliphatic carbocycles. The predicted molar refractivity (Wildman–Crippen MR) is 130 cm³/mol. The van der Waals surface area contributed by atoms with E-state index in [2.05, 4.69) is 27.7 Å². The van der Waals surface area contributed by atoms with Gasteiger partial charge in [-0.1, -0.05) is 25.3 Å². The normalized spacial score (nSPS) is 17.6. The van der Waals surface area contributed by atoms with Gasteiger partial charge in [0.15, 0.2) is 11.5 Å². The van der Waals surface area contributed by atoms with E-state index in [0.29, 0.717) is 35.8 Å². The van der Waals surface area contributed by atoms with Gasteiger partial charge in [0.2, 0.25) is 5.91 Å². The largest absolute Gasteiger partial charge is 0.493 e. The number of ether oxygens (including phenoxy) is 2. The maximum atomic E-state index is 13.5. The van der Waals surface area contributed by atoms with E-state index in [1.807, 2.05) is 4.90 Å². The summed E-state index contributed by atoms with van der Waals surface area (Å²) in [5.41, 5.74) is 0.942. The molecule has 0 spiro atoms. The third-order valence-electron chi connectivity index (χ3n) is 6.61. The molecule has 0 radical (unpaired) electrons. The molecule has 1 saturated heterocycles. The minimum Gasteiger partial charge on any atom is -0.493 e. The summed E-state index contributed by atoms with van der Waals surface area (Å²) in [6.45, 7) is 3.85. The highest BCUT2D eigenvalue weighted by atomic mass is 32.1. The Balaban J connectivity index is 1.49. The van der Waals surface area contributed by atoms with E-state index in [9.17, 15) is 9.59 Å². The number of nitrogens with zero attached hydrogens (tertiary/aromatic N) is 2. The lowest BCUT2D eigenvalue weighted by atomic mass is 9.88. The molecule has 4 rings (SSSR count). The molecule has 1 saturated carbocycles. The zero-order chi connectivity index (χ0) is 23.2. The lowest BCUT2D eigenvalue weighted by molar-refractivity contribution is -0.120. The van der Waals surface area contributed by atoms with Gasteiger partial charge in [0.05, 0.1) is 25.5 Å². The fraction of sp³-hybridized carbons (Fsp3) is 0.520. The number of thiophene rings is 1. The van der Waals surface area contributed by atoms with Crippen molar-refractivity contribution < 1.29 is 19.1 Å². The highest BCUT2D eigenvalue weighted by Gasteiger charge is 2.28. The molecule has 2 aliphatic rings. The van der Waals surface area contributed by atoms with E-state index in [4.69, 9.17) is 9.47 Å². The number of hydrogen-bond acceptors (Lipinski definition) is 6. The Kier molecular flexibility index (Phi) is 7.88. The van der Waals surface area contributed by atoms with Crippen molar-refractivity contribution in [2.24, 2.45) is 5.92 Å². The number of carbonyl (C=O) groups is 2. The van der Waals surface area contributed by atoms with Crippen LogP contribution in [-0.2, 0) is 11.3 Å². The van der Waals surface area contributed by atoms with Gasteiger partial charge in [0.25, 0.3) is 5.91 Å². The van der Waals surface area contributed by atoms with Crippen LogP contribution in [0.5, 0.6) is 11.5 Å². The number of anilines is 1. The van der Waals surface area contributed by atoms with Crippen LogP contribution in [0.3, 0.4) is 0 Å².